The highest BCUT2D eigenvalue weighted by Gasteiger charge is 2.37. The number of morpholine rings is 1. The van der Waals surface area contributed by atoms with Gasteiger partial charge in [0.1, 0.15) is 6.54 Å². The van der Waals surface area contributed by atoms with E-state index in [0.29, 0.717) is 37.4 Å². The number of hydrogen-bond acceptors (Lipinski definition) is 7. The molecule has 2 fully saturated rings. The number of carbonyl (C=O) groups excluding carboxylic acids is 4. The molecule has 3 amide bonds. The van der Waals surface area contributed by atoms with Crippen LogP contribution < -0.4 is 0 Å². The fourth-order valence-corrected chi connectivity index (χ4v) is 3.51. The number of rotatable bonds is 4. The van der Waals surface area contributed by atoms with Crippen LogP contribution in [0.15, 0.2) is 29.2 Å². The molecule has 27 heavy (non-hydrogen) atoms. The molecule has 0 N–H and O–H groups in total. The van der Waals surface area contributed by atoms with Crippen LogP contribution in [-0.2, 0) is 19.1 Å². The van der Waals surface area contributed by atoms with E-state index in [2.05, 4.69) is 4.74 Å². The van der Waals surface area contributed by atoms with Gasteiger partial charge in [-0.3, -0.25) is 19.3 Å². The second kappa shape index (κ2) is 8.36. The number of carbonyl (C=O) groups is 4. The van der Waals surface area contributed by atoms with E-state index >= 15 is 0 Å². The molecule has 0 aromatic heterocycles. The van der Waals surface area contributed by atoms with Gasteiger partial charge in [-0.1, -0.05) is 12.1 Å². The van der Waals surface area contributed by atoms with Crippen LogP contribution in [0.5, 0.6) is 0 Å². The molecular formula is C18H18N2O6S. The smallest absolute Gasteiger partial charge is 0.337 e. The Kier molecular flexibility index (Phi) is 5.92. The SMILES string of the molecule is COC(=O)c1ccc(/C=C2\SC(=O)N(CC(=O)N3CCOCC3)C2=O)cc1. The van der Waals surface area contributed by atoms with Crippen LogP contribution in [-0.4, -0.2) is 72.8 Å². The molecular weight excluding hydrogens is 372 g/mol. The summed E-state index contributed by atoms with van der Waals surface area (Å²) in [6.07, 6.45) is 1.56. The summed E-state index contributed by atoms with van der Waals surface area (Å²) < 4.78 is 9.83. The van der Waals surface area contributed by atoms with E-state index in [0.717, 1.165) is 16.7 Å². The second-order valence-corrected chi connectivity index (χ2v) is 6.87. The van der Waals surface area contributed by atoms with Crippen LogP contribution in [0, 0.1) is 0 Å². The third-order valence-electron chi connectivity index (χ3n) is 4.16. The van der Waals surface area contributed by atoms with Crippen LogP contribution in [0.2, 0.25) is 0 Å². The van der Waals surface area contributed by atoms with Gasteiger partial charge in [0, 0.05) is 13.1 Å². The van der Waals surface area contributed by atoms with Gasteiger partial charge in [-0.25, -0.2) is 4.79 Å². The van der Waals surface area contributed by atoms with Crippen molar-refractivity contribution in [1.82, 2.24) is 9.80 Å². The zero-order valence-corrected chi connectivity index (χ0v) is 15.5. The fourth-order valence-electron chi connectivity index (χ4n) is 2.67. The van der Waals surface area contributed by atoms with E-state index in [1.165, 1.54) is 7.11 Å². The Morgan fingerprint density at radius 1 is 1.19 bits per heavy atom. The molecule has 0 atom stereocenters. The Hall–Kier alpha value is -2.65. The van der Waals surface area contributed by atoms with E-state index < -0.39 is 17.1 Å². The van der Waals surface area contributed by atoms with Gasteiger partial charge in [0.2, 0.25) is 5.91 Å². The number of amides is 3. The molecule has 0 unspecified atom stereocenters. The van der Waals surface area contributed by atoms with Crippen molar-refractivity contribution in [3.05, 3.63) is 40.3 Å². The van der Waals surface area contributed by atoms with E-state index in [4.69, 9.17) is 4.74 Å². The summed E-state index contributed by atoms with van der Waals surface area (Å²) in [5.41, 5.74) is 1.05. The normalized spacial score (nSPS) is 18.9. The molecule has 0 radical (unpaired) electrons. The van der Waals surface area contributed by atoms with Crippen LogP contribution >= 0.6 is 11.8 Å². The fraction of sp³-hybridized carbons (Fsp3) is 0.333. The minimum atomic E-state index is -0.497. The molecule has 1 aromatic rings. The molecule has 0 bridgehead atoms. The van der Waals surface area contributed by atoms with Gasteiger partial charge in [-0.15, -0.1) is 0 Å². The molecule has 2 aliphatic rings. The lowest BCUT2D eigenvalue weighted by Crippen LogP contribution is -2.46. The summed E-state index contributed by atoms with van der Waals surface area (Å²) in [7, 11) is 1.30. The summed E-state index contributed by atoms with van der Waals surface area (Å²) in [4.78, 5) is 51.2. The largest absolute Gasteiger partial charge is 0.465 e. The van der Waals surface area contributed by atoms with E-state index in [-0.39, 0.29) is 17.4 Å². The van der Waals surface area contributed by atoms with E-state index in [9.17, 15) is 19.2 Å². The van der Waals surface area contributed by atoms with Crippen molar-refractivity contribution in [3.63, 3.8) is 0 Å². The van der Waals surface area contributed by atoms with Gasteiger partial charge >= 0.3 is 5.97 Å². The summed E-state index contributed by atoms with van der Waals surface area (Å²) in [5, 5.41) is -0.473. The molecule has 0 saturated carbocycles. The summed E-state index contributed by atoms with van der Waals surface area (Å²) >= 11 is 0.792. The molecule has 3 rings (SSSR count). The molecule has 0 aliphatic carbocycles. The van der Waals surface area contributed by atoms with Crippen LogP contribution in [0.4, 0.5) is 4.79 Å². The number of nitrogens with zero attached hydrogens (tertiary/aromatic N) is 2. The number of ether oxygens (including phenoxy) is 2. The number of hydrogen-bond donors (Lipinski definition) is 0. The lowest BCUT2D eigenvalue weighted by molar-refractivity contribution is -0.139. The lowest BCUT2D eigenvalue weighted by Gasteiger charge is -2.28. The minimum Gasteiger partial charge on any atom is -0.465 e. The highest BCUT2D eigenvalue weighted by Crippen LogP contribution is 2.32. The third kappa shape index (κ3) is 4.37. The molecule has 2 aliphatic heterocycles. The highest BCUT2D eigenvalue weighted by atomic mass is 32.2. The van der Waals surface area contributed by atoms with E-state index in [1.54, 1.807) is 35.2 Å². The van der Waals surface area contributed by atoms with Gasteiger partial charge < -0.3 is 14.4 Å². The van der Waals surface area contributed by atoms with Crippen molar-refractivity contribution in [2.24, 2.45) is 0 Å². The average Bonchev–Trinajstić information content (AvgIpc) is 2.96. The first kappa shape index (κ1) is 19.1. The number of benzene rings is 1. The number of thioether (sulfide) groups is 1. The molecule has 1 aromatic carbocycles. The minimum absolute atomic E-state index is 0.237. The molecule has 142 valence electrons. The summed E-state index contributed by atoms with van der Waals surface area (Å²) in [6, 6.07) is 6.45. The van der Waals surface area contributed by atoms with Gasteiger partial charge in [0.25, 0.3) is 11.1 Å². The second-order valence-electron chi connectivity index (χ2n) is 5.87. The van der Waals surface area contributed by atoms with Crippen molar-refractivity contribution >= 4 is 40.9 Å². The van der Waals surface area contributed by atoms with Crippen molar-refractivity contribution in [2.45, 2.75) is 0 Å². The van der Waals surface area contributed by atoms with Crippen LogP contribution in [0.1, 0.15) is 15.9 Å². The first-order valence-electron chi connectivity index (χ1n) is 8.29. The Labute approximate surface area is 160 Å². The first-order chi connectivity index (χ1) is 13.0. The number of methoxy groups -OCH3 is 1. The van der Waals surface area contributed by atoms with Gasteiger partial charge in [-0.2, -0.15) is 0 Å². The monoisotopic (exact) mass is 390 g/mol. The molecule has 0 spiro atoms. The maximum absolute atomic E-state index is 12.5. The zero-order valence-electron chi connectivity index (χ0n) is 14.7. The Balaban J connectivity index is 1.68. The van der Waals surface area contributed by atoms with E-state index in [1.807, 2.05) is 0 Å². The maximum Gasteiger partial charge on any atom is 0.337 e. The quantitative estimate of drug-likeness (QED) is 0.566. The number of imide groups is 1. The maximum atomic E-state index is 12.5. The Morgan fingerprint density at radius 2 is 1.85 bits per heavy atom. The van der Waals surface area contributed by atoms with Gasteiger partial charge in [-0.05, 0) is 35.5 Å². The lowest BCUT2D eigenvalue weighted by atomic mass is 10.1. The standard InChI is InChI=1S/C18H18N2O6S/c1-25-17(23)13-4-2-12(3-5-13)10-14-16(22)20(18(24)27-14)11-15(21)19-6-8-26-9-7-19/h2-5,10H,6-9,11H2,1H3/b14-10-. The van der Waals surface area contributed by atoms with Gasteiger partial charge in [0.15, 0.2) is 0 Å². The van der Waals surface area contributed by atoms with Crippen molar-refractivity contribution in [1.29, 1.82) is 0 Å². The number of esters is 1. The predicted octanol–water partition coefficient (Wildman–Crippen LogP) is 1.37. The van der Waals surface area contributed by atoms with Gasteiger partial charge in [0.05, 0.1) is 30.8 Å². The average molecular weight is 390 g/mol. The molecule has 2 heterocycles. The van der Waals surface area contributed by atoms with Crippen molar-refractivity contribution in [3.8, 4) is 0 Å². The first-order valence-corrected chi connectivity index (χ1v) is 9.10. The Bertz CT molecular complexity index is 799. The zero-order chi connectivity index (χ0) is 19.4. The van der Waals surface area contributed by atoms with Crippen molar-refractivity contribution < 1.29 is 28.7 Å². The summed E-state index contributed by atoms with van der Waals surface area (Å²) in [5.74, 6) is -1.23. The topological polar surface area (TPSA) is 93.2 Å². The Morgan fingerprint density at radius 3 is 2.48 bits per heavy atom. The third-order valence-corrected chi connectivity index (χ3v) is 5.07. The highest BCUT2D eigenvalue weighted by molar-refractivity contribution is 8.18. The molecule has 9 heteroatoms. The summed E-state index contributed by atoms with van der Waals surface area (Å²) in [6.45, 7) is 1.54. The molecule has 8 nitrogen and oxygen atoms in total. The van der Waals surface area contributed by atoms with Crippen molar-refractivity contribution in [2.75, 3.05) is 40.0 Å². The predicted molar refractivity (Wildman–Crippen MR) is 97.9 cm³/mol. The van der Waals surface area contributed by atoms with Crippen LogP contribution in [0.25, 0.3) is 6.08 Å². The van der Waals surface area contributed by atoms with Crippen LogP contribution in [0.3, 0.4) is 0 Å². The molecule has 2 saturated heterocycles.